The van der Waals surface area contributed by atoms with Crippen molar-refractivity contribution in [2.24, 2.45) is 0 Å². The minimum Gasteiger partial charge on any atom is -0.487 e. The van der Waals surface area contributed by atoms with Crippen LogP contribution in [0.5, 0.6) is 5.75 Å². The van der Waals surface area contributed by atoms with E-state index in [1.807, 2.05) is 13.8 Å². The van der Waals surface area contributed by atoms with Crippen LogP contribution in [-0.2, 0) is 22.4 Å². The highest BCUT2D eigenvalue weighted by molar-refractivity contribution is 6.21. The van der Waals surface area contributed by atoms with Crippen molar-refractivity contribution in [2.75, 3.05) is 32.9 Å². The third kappa shape index (κ3) is 6.55. The Balaban J connectivity index is 2.58. The fourth-order valence-electron chi connectivity index (χ4n) is 3.65. The first-order valence-corrected chi connectivity index (χ1v) is 11.4. The number of halogens is 2. The normalized spacial score (nSPS) is 18.0. The molecule has 5 nitrogen and oxygen atoms in total. The second kappa shape index (κ2) is 12.0. The highest BCUT2D eigenvalue weighted by Crippen LogP contribution is 2.33. The summed E-state index contributed by atoms with van der Waals surface area (Å²) in [6.45, 7) is 12.0. The predicted molar refractivity (Wildman–Crippen MR) is 124 cm³/mol. The zero-order valence-corrected chi connectivity index (χ0v) is 19.7. The number of alkyl halides is 2. The van der Waals surface area contributed by atoms with Crippen LogP contribution < -0.4 is 15.4 Å². The van der Waals surface area contributed by atoms with Gasteiger partial charge in [0.05, 0.1) is 18.8 Å². The fraction of sp³-hybridized carbons (Fsp3) is 0.560. The molecule has 178 valence electrons. The lowest BCUT2D eigenvalue weighted by molar-refractivity contribution is -0.115. The number of carbonyl (C=O) groups is 1. The second-order valence-electron chi connectivity index (χ2n) is 8.00. The van der Waals surface area contributed by atoms with Crippen LogP contribution in [0.3, 0.4) is 0 Å². The van der Waals surface area contributed by atoms with E-state index in [2.05, 4.69) is 24.1 Å². The van der Waals surface area contributed by atoms with Gasteiger partial charge in [0.2, 0.25) is 0 Å². The number of hydrogen-bond donors (Lipinski definition) is 2. The van der Waals surface area contributed by atoms with Crippen LogP contribution in [0.4, 0.5) is 8.78 Å². The minimum absolute atomic E-state index is 0.154. The fourth-order valence-corrected chi connectivity index (χ4v) is 3.65. The Morgan fingerprint density at radius 3 is 2.25 bits per heavy atom. The van der Waals surface area contributed by atoms with E-state index in [0.29, 0.717) is 50.5 Å². The van der Waals surface area contributed by atoms with Crippen LogP contribution in [0, 0.1) is 0 Å². The van der Waals surface area contributed by atoms with Gasteiger partial charge in [-0.1, -0.05) is 33.8 Å². The zero-order chi connectivity index (χ0) is 23.7. The van der Waals surface area contributed by atoms with Gasteiger partial charge >= 0.3 is 5.92 Å². The zero-order valence-electron chi connectivity index (χ0n) is 19.7. The van der Waals surface area contributed by atoms with E-state index in [0.717, 1.165) is 35.2 Å². The molecule has 1 aliphatic rings. The lowest BCUT2D eigenvalue weighted by Crippen LogP contribution is -2.34. The van der Waals surface area contributed by atoms with Crippen LogP contribution in [-0.4, -0.2) is 44.7 Å². The van der Waals surface area contributed by atoms with Gasteiger partial charge in [-0.05, 0) is 60.6 Å². The molecule has 2 rings (SSSR count). The molecule has 32 heavy (non-hydrogen) atoms. The quantitative estimate of drug-likeness (QED) is 0.538. The summed E-state index contributed by atoms with van der Waals surface area (Å²) in [5.41, 5.74) is 3.93. The van der Waals surface area contributed by atoms with E-state index >= 15 is 0 Å². The smallest absolute Gasteiger partial charge is 0.302 e. The highest BCUT2D eigenvalue weighted by Gasteiger charge is 2.31. The Labute approximate surface area is 190 Å². The summed E-state index contributed by atoms with van der Waals surface area (Å²) in [4.78, 5) is 13.3. The topological polar surface area (TPSA) is 59.6 Å². The first-order valence-electron chi connectivity index (χ1n) is 11.4. The molecular weight excluding hydrogens is 414 g/mol. The molecule has 0 atom stereocenters. The molecule has 0 aromatic heterocycles. The average Bonchev–Trinajstić information content (AvgIpc) is 2.77. The largest absolute Gasteiger partial charge is 0.487 e. The van der Waals surface area contributed by atoms with Gasteiger partial charge in [-0.25, -0.2) is 0 Å². The molecule has 0 saturated heterocycles. The summed E-state index contributed by atoms with van der Waals surface area (Å²) in [5, 5.41) is 6.36. The highest BCUT2D eigenvalue weighted by atomic mass is 19.3. The molecule has 0 aliphatic carbocycles. The molecule has 0 saturated carbocycles. The van der Waals surface area contributed by atoms with Crippen LogP contribution in [0.1, 0.15) is 57.2 Å². The number of benzene rings is 1. The van der Waals surface area contributed by atoms with Crippen LogP contribution in [0.25, 0.3) is 5.57 Å². The molecule has 0 spiro atoms. The van der Waals surface area contributed by atoms with Gasteiger partial charge in [-0.2, -0.15) is 8.78 Å². The van der Waals surface area contributed by atoms with Crippen LogP contribution in [0.15, 0.2) is 30.0 Å². The standard InChI is InChI=1S/C25H36F2N2O3/c1-6-9-21-23(24(30)29-11-13-31-12-10-28-21)22-18(7-2)14-20(15-19(22)8-3)32-16-25(26,27)17(4)5/h14-15,28H,4,6-13,16H2,1-3,5H3,(H,29,30)/b23-21-. The van der Waals surface area contributed by atoms with Crippen molar-refractivity contribution in [3.8, 4) is 5.75 Å². The summed E-state index contributed by atoms with van der Waals surface area (Å²) in [5.74, 6) is -2.88. The van der Waals surface area contributed by atoms with E-state index in [1.165, 1.54) is 6.92 Å². The van der Waals surface area contributed by atoms with Crippen molar-refractivity contribution in [3.63, 3.8) is 0 Å². The molecule has 1 aliphatic heterocycles. The Bertz CT molecular complexity index is 825. The predicted octanol–water partition coefficient (Wildman–Crippen LogP) is 4.65. The van der Waals surface area contributed by atoms with Gasteiger partial charge in [0, 0.05) is 18.8 Å². The number of rotatable bonds is 9. The molecule has 0 bridgehead atoms. The summed E-state index contributed by atoms with van der Waals surface area (Å²) in [6, 6.07) is 3.55. The maximum atomic E-state index is 14.0. The van der Waals surface area contributed by atoms with Crippen molar-refractivity contribution in [3.05, 3.63) is 46.7 Å². The summed E-state index contributed by atoms with van der Waals surface area (Å²) < 4.78 is 39.0. The van der Waals surface area contributed by atoms with Gasteiger partial charge in [-0.3, -0.25) is 4.79 Å². The Morgan fingerprint density at radius 1 is 1.12 bits per heavy atom. The van der Waals surface area contributed by atoms with Gasteiger partial charge in [-0.15, -0.1) is 0 Å². The Hall–Kier alpha value is -2.41. The molecule has 1 aromatic rings. The van der Waals surface area contributed by atoms with Crippen molar-refractivity contribution in [1.82, 2.24) is 10.6 Å². The maximum absolute atomic E-state index is 14.0. The molecule has 1 amide bonds. The van der Waals surface area contributed by atoms with Gasteiger partial charge in [0.1, 0.15) is 5.75 Å². The van der Waals surface area contributed by atoms with E-state index in [-0.39, 0.29) is 11.5 Å². The minimum atomic E-state index is -3.10. The SMILES string of the molecule is C=C(C)C(F)(F)COc1cc(CC)c(/C2=C(\CCC)NCCOCCNC2=O)c(CC)c1. The third-order valence-electron chi connectivity index (χ3n) is 5.48. The monoisotopic (exact) mass is 450 g/mol. The maximum Gasteiger partial charge on any atom is 0.302 e. The van der Waals surface area contributed by atoms with Crippen molar-refractivity contribution in [2.45, 2.75) is 59.3 Å². The number of amides is 1. The van der Waals surface area contributed by atoms with Crippen molar-refractivity contribution < 1.29 is 23.0 Å². The first kappa shape index (κ1) is 25.8. The summed E-state index contributed by atoms with van der Waals surface area (Å²) in [7, 11) is 0. The summed E-state index contributed by atoms with van der Waals surface area (Å²) >= 11 is 0. The Morgan fingerprint density at radius 2 is 1.72 bits per heavy atom. The molecular formula is C25H36F2N2O3. The van der Waals surface area contributed by atoms with Gasteiger partial charge < -0.3 is 20.1 Å². The van der Waals surface area contributed by atoms with E-state index in [9.17, 15) is 13.6 Å². The molecule has 0 unspecified atom stereocenters. The van der Waals surface area contributed by atoms with Crippen molar-refractivity contribution >= 4 is 11.5 Å². The Kier molecular flexibility index (Phi) is 9.69. The average molecular weight is 451 g/mol. The second-order valence-corrected chi connectivity index (χ2v) is 8.00. The van der Waals surface area contributed by atoms with Crippen LogP contribution >= 0.6 is 0 Å². The lowest BCUT2D eigenvalue weighted by Gasteiger charge is -2.24. The number of nitrogens with one attached hydrogen (secondary N) is 2. The number of hydrogen-bond acceptors (Lipinski definition) is 4. The number of carbonyl (C=O) groups excluding carboxylic acids is 1. The lowest BCUT2D eigenvalue weighted by atomic mass is 9.88. The number of allylic oxidation sites excluding steroid dienone is 1. The molecule has 7 heteroatoms. The van der Waals surface area contributed by atoms with E-state index in [4.69, 9.17) is 9.47 Å². The third-order valence-corrected chi connectivity index (χ3v) is 5.48. The van der Waals surface area contributed by atoms with Gasteiger partial charge in [0.25, 0.3) is 5.91 Å². The molecule has 0 fully saturated rings. The van der Waals surface area contributed by atoms with Crippen LogP contribution in [0.2, 0.25) is 0 Å². The molecule has 2 N–H and O–H groups in total. The molecule has 1 heterocycles. The van der Waals surface area contributed by atoms with E-state index in [1.54, 1.807) is 12.1 Å². The van der Waals surface area contributed by atoms with Crippen molar-refractivity contribution in [1.29, 1.82) is 0 Å². The van der Waals surface area contributed by atoms with Gasteiger partial charge in [0.15, 0.2) is 6.61 Å². The number of aryl methyl sites for hydroxylation is 2. The molecule has 0 radical (unpaired) electrons. The first-order chi connectivity index (χ1) is 15.2. The van der Waals surface area contributed by atoms with E-state index < -0.39 is 12.5 Å². The number of ether oxygens (including phenoxy) is 2. The molecule has 1 aromatic carbocycles. The summed E-state index contributed by atoms with van der Waals surface area (Å²) in [6.07, 6.45) is 2.86.